The Bertz CT molecular complexity index is 582. The second kappa shape index (κ2) is 6.50. The van der Waals surface area contributed by atoms with Crippen molar-refractivity contribution >= 4 is 0 Å². The van der Waals surface area contributed by atoms with Gasteiger partial charge in [-0.25, -0.2) is 4.39 Å². The van der Waals surface area contributed by atoms with Gasteiger partial charge in [0.25, 0.3) is 0 Å². The monoisotopic (exact) mass is 276 g/mol. The Kier molecular flexibility index (Phi) is 4.71. The van der Waals surface area contributed by atoms with Crippen LogP contribution >= 0.6 is 0 Å². The summed E-state index contributed by atoms with van der Waals surface area (Å²) in [4.78, 5) is 0. The van der Waals surface area contributed by atoms with Gasteiger partial charge in [-0.05, 0) is 31.0 Å². The number of aliphatic hydroxyl groups is 2. The SMILES string of the molecule is CC(O)c1cccc(F)c1Oc1ccccc1CCO. The van der Waals surface area contributed by atoms with Crippen LogP contribution < -0.4 is 4.74 Å². The summed E-state index contributed by atoms with van der Waals surface area (Å²) in [5.41, 5.74) is 1.18. The van der Waals surface area contributed by atoms with Crippen LogP contribution in [0, 0.1) is 5.82 Å². The molecule has 2 rings (SSSR count). The molecule has 0 saturated heterocycles. The zero-order chi connectivity index (χ0) is 14.5. The third kappa shape index (κ3) is 3.15. The molecule has 20 heavy (non-hydrogen) atoms. The van der Waals surface area contributed by atoms with E-state index in [0.29, 0.717) is 17.7 Å². The number of hydrogen-bond donors (Lipinski definition) is 2. The van der Waals surface area contributed by atoms with Gasteiger partial charge in [0.15, 0.2) is 11.6 Å². The van der Waals surface area contributed by atoms with E-state index < -0.39 is 11.9 Å². The molecule has 3 nitrogen and oxygen atoms in total. The van der Waals surface area contributed by atoms with Crippen molar-refractivity contribution in [2.45, 2.75) is 19.4 Å². The van der Waals surface area contributed by atoms with Crippen LogP contribution in [0.3, 0.4) is 0 Å². The highest BCUT2D eigenvalue weighted by atomic mass is 19.1. The van der Waals surface area contributed by atoms with Crippen LogP contribution in [-0.4, -0.2) is 16.8 Å². The van der Waals surface area contributed by atoms with E-state index in [1.54, 1.807) is 25.1 Å². The topological polar surface area (TPSA) is 49.7 Å². The van der Waals surface area contributed by atoms with E-state index in [2.05, 4.69) is 0 Å². The minimum Gasteiger partial charge on any atom is -0.454 e. The fourth-order valence-electron chi connectivity index (χ4n) is 2.00. The minimum atomic E-state index is -0.828. The lowest BCUT2D eigenvalue weighted by Crippen LogP contribution is -2.01. The number of rotatable bonds is 5. The number of benzene rings is 2. The fraction of sp³-hybridized carbons (Fsp3) is 0.250. The van der Waals surface area contributed by atoms with E-state index in [1.165, 1.54) is 12.1 Å². The van der Waals surface area contributed by atoms with Crippen molar-refractivity contribution in [1.82, 2.24) is 0 Å². The van der Waals surface area contributed by atoms with Crippen LogP contribution in [0.15, 0.2) is 42.5 Å². The second-order valence-corrected chi connectivity index (χ2v) is 4.52. The van der Waals surface area contributed by atoms with Gasteiger partial charge in [-0.2, -0.15) is 0 Å². The first kappa shape index (κ1) is 14.5. The van der Waals surface area contributed by atoms with Crippen LogP contribution in [0.5, 0.6) is 11.5 Å². The van der Waals surface area contributed by atoms with E-state index in [4.69, 9.17) is 9.84 Å². The summed E-state index contributed by atoms with van der Waals surface area (Å²) in [5, 5.41) is 18.7. The van der Waals surface area contributed by atoms with E-state index in [0.717, 1.165) is 5.56 Å². The molecule has 0 aliphatic carbocycles. The van der Waals surface area contributed by atoms with Crippen molar-refractivity contribution in [2.75, 3.05) is 6.61 Å². The van der Waals surface area contributed by atoms with Gasteiger partial charge in [-0.3, -0.25) is 0 Å². The fourth-order valence-corrected chi connectivity index (χ4v) is 2.00. The van der Waals surface area contributed by atoms with E-state index in [-0.39, 0.29) is 12.4 Å². The van der Waals surface area contributed by atoms with Gasteiger partial charge >= 0.3 is 0 Å². The first-order valence-corrected chi connectivity index (χ1v) is 6.46. The Morgan fingerprint density at radius 3 is 2.60 bits per heavy atom. The largest absolute Gasteiger partial charge is 0.454 e. The van der Waals surface area contributed by atoms with Crippen molar-refractivity contribution in [1.29, 1.82) is 0 Å². The Hall–Kier alpha value is -1.91. The van der Waals surface area contributed by atoms with E-state index >= 15 is 0 Å². The Morgan fingerprint density at radius 1 is 1.15 bits per heavy atom. The second-order valence-electron chi connectivity index (χ2n) is 4.52. The van der Waals surface area contributed by atoms with Crippen LogP contribution in [0.2, 0.25) is 0 Å². The molecule has 0 radical (unpaired) electrons. The third-order valence-electron chi connectivity index (χ3n) is 3.01. The number of hydrogen-bond acceptors (Lipinski definition) is 3. The lowest BCUT2D eigenvalue weighted by molar-refractivity contribution is 0.194. The molecule has 0 aliphatic heterocycles. The summed E-state index contributed by atoms with van der Waals surface area (Å²) in [6.45, 7) is 1.54. The molecule has 0 saturated carbocycles. The standard InChI is InChI=1S/C16H17FO3/c1-11(19)13-6-4-7-14(17)16(13)20-15-8-3-2-5-12(15)9-10-18/h2-8,11,18-19H,9-10H2,1H3. The average molecular weight is 276 g/mol. The Morgan fingerprint density at radius 2 is 1.90 bits per heavy atom. The van der Waals surface area contributed by atoms with Crippen molar-refractivity contribution in [3.05, 3.63) is 59.4 Å². The molecule has 0 aromatic heterocycles. The highest BCUT2D eigenvalue weighted by Gasteiger charge is 2.15. The maximum absolute atomic E-state index is 13.9. The predicted molar refractivity (Wildman–Crippen MR) is 74.3 cm³/mol. The molecule has 2 N–H and O–H groups in total. The van der Waals surface area contributed by atoms with Gasteiger partial charge in [-0.1, -0.05) is 30.3 Å². The van der Waals surface area contributed by atoms with Crippen LogP contribution in [0.4, 0.5) is 4.39 Å². The molecule has 2 aromatic rings. The first-order chi connectivity index (χ1) is 9.63. The van der Waals surface area contributed by atoms with Crippen LogP contribution in [0.1, 0.15) is 24.2 Å². The van der Waals surface area contributed by atoms with E-state index in [1.807, 2.05) is 12.1 Å². The third-order valence-corrected chi connectivity index (χ3v) is 3.01. The van der Waals surface area contributed by atoms with Gasteiger partial charge in [0.05, 0.1) is 6.10 Å². The van der Waals surface area contributed by atoms with Crippen molar-refractivity contribution in [2.24, 2.45) is 0 Å². The molecule has 0 bridgehead atoms. The number of ether oxygens (including phenoxy) is 1. The molecular formula is C16H17FO3. The Labute approximate surface area is 117 Å². The number of halogens is 1. The number of aliphatic hydroxyl groups excluding tert-OH is 2. The summed E-state index contributed by atoms with van der Waals surface area (Å²) >= 11 is 0. The van der Waals surface area contributed by atoms with Gasteiger partial charge in [0.2, 0.25) is 0 Å². The smallest absolute Gasteiger partial charge is 0.168 e. The zero-order valence-corrected chi connectivity index (χ0v) is 11.2. The molecular weight excluding hydrogens is 259 g/mol. The van der Waals surface area contributed by atoms with Crippen molar-refractivity contribution in [3.63, 3.8) is 0 Å². The van der Waals surface area contributed by atoms with Crippen LogP contribution in [-0.2, 0) is 6.42 Å². The molecule has 0 aliphatic rings. The summed E-state index contributed by atoms with van der Waals surface area (Å²) in [6.07, 6.45) is -0.403. The van der Waals surface area contributed by atoms with Gasteiger partial charge in [-0.15, -0.1) is 0 Å². The highest BCUT2D eigenvalue weighted by molar-refractivity contribution is 5.43. The van der Waals surface area contributed by atoms with Crippen LogP contribution in [0.25, 0.3) is 0 Å². The molecule has 4 heteroatoms. The van der Waals surface area contributed by atoms with E-state index in [9.17, 15) is 9.50 Å². The first-order valence-electron chi connectivity index (χ1n) is 6.46. The molecule has 0 spiro atoms. The summed E-state index contributed by atoms with van der Waals surface area (Å²) < 4.78 is 19.6. The highest BCUT2D eigenvalue weighted by Crippen LogP contribution is 2.33. The maximum Gasteiger partial charge on any atom is 0.168 e. The van der Waals surface area contributed by atoms with Crippen molar-refractivity contribution in [3.8, 4) is 11.5 Å². The van der Waals surface area contributed by atoms with Gasteiger partial charge < -0.3 is 14.9 Å². The Balaban J connectivity index is 2.40. The summed E-state index contributed by atoms with van der Waals surface area (Å²) in [7, 11) is 0. The molecule has 1 atom stereocenters. The van der Waals surface area contributed by atoms with Crippen molar-refractivity contribution < 1.29 is 19.3 Å². The summed E-state index contributed by atoms with van der Waals surface area (Å²) in [5.74, 6) is -0.0244. The summed E-state index contributed by atoms with van der Waals surface area (Å²) in [6, 6.07) is 11.6. The molecule has 0 amide bonds. The molecule has 106 valence electrons. The van der Waals surface area contributed by atoms with Gasteiger partial charge in [0.1, 0.15) is 5.75 Å². The number of para-hydroxylation sites is 2. The molecule has 1 unspecified atom stereocenters. The normalized spacial score (nSPS) is 12.2. The quantitative estimate of drug-likeness (QED) is 0.881. The molecule has 0 fully saturated rings. The molecule has 0 heterocycles. The predicted octanol–water partition coefficient (Wildman–Crippen LogP) is 3.21. The minimum absolute atomic E-state index is 0.0130. The lowest BCUT2D eigenvalue weighted by Gasteiger charge is -2.16. The molecule has 2 aromatic carbocycles. The average Bonchev–Trinajstić information content (AvgIpc) is 2.43. The lowest BCUT2D eigenvalue weighted by atomic mass is 10.1. The maximum atomic E-state index is 13.9. The zero-order valence-electron chi connectivity index (χ0n) is 11.2. The van der Waals surface area contributed by atoms with Gasteiger partial charge in [0, 0.05) is 12.2 Å².